The number of benzene rings is 1. The number of nitro benzene ring substituents is 1. The van der Waals surface area contributed by atoms with Gasteiger partial charge in [-0.25, -0.2) is 0 Å². The van der Waals surface area contributed by atoms with Gasteiger partial charge < -0.3 is 4.90 Å². The molecular weight excluding hydrogens is 272 g/mol. The van der Waals surface area contributed by atoms with Crippen LogP contribution in [0.5, 0.6) is 0 Å². The number of nitrogens with zero attached hydrogens (tertiary/aromatic N) is 2. The minimum atomic E-state index is -0.314. The Balaban J connectivity index is 2.41. The van der Waals surface area contributed by atoms with Crippen molar-refractivity contribution in [3.63, 3.8) is 0 Å². The molecular formula is C11H13BrN2O2. The summed E-state index contributed by atoms with van der Waals surface area (Å²) in [4.78, 5) is 12.8. The van der Waals surface area contributed by atoms with Crippen LogP contribution in [0.4, 0.5) is 11.4 Å². The Labute approximate surface area is 103 Å². The Bertz CT molecular complexity index is 418. The fourth-order valence-electron chi connectivity index (χ4n) is 1.90. The SMILES string of the molecule is CCN(c1ccc(Br)cc1[N+](=O)[O-])C1CC1. The Morgan fingerprint density at radius 3 is 2.75 bits per heavy atom. The normalized spacial score (nSPS) is 14.9. The van der Waals surface area contributed by atoms with E-state index < -0.39 is 0 Å². The van der Waals surface area contributed by atoms with E-state index in [1.165, 1.54) is 0 Å². The fraction of sp³-hybridized carbons (Fsp3) is 0.455. The quantitative estimate of drug-likeness (QED) is 0.629. The van der Waals surface area contributed by atoms with Gasteiger partial charge in [0.15, 0.2) is 0 Å². The van der Waals surface area contributed by atoms with Crippen molar-refractivity contribution in [1.29, 1.82) is 0 Å². The second kappa shape index (κ2) is 4.41. The monoisotopic (exact) mass is 284 g/mol. The molecule has 16 heavy (non-hydrogen) atoms. The number of hydrogen-bond acceptors (Lipinski definition) is 3. The molecule has 2 rings (SSSR count). The summed E-state index contributed by atoms with van der Waals surface area (Å²) in [6.07, 6.45) is 2.28. The molecule has 0 atom stereocenters. The Morgan fingerprint density at radius 1 is 1.56 bits per heavy atom. The second-order valence-electron chi connectivity index (χ2n) is 3.91. The molecule has 1 aromatic carbocycles. The number of hydrogen-bond donors (Lipinski definition) is 0. The summed E-state index contributed by atoms with van der Waals surface area (Å²) >= 11 is 3.27. The zero-order valence-electron chi connectivity index (χ0n) is 9.02. The van der Waals surface area contributed by atoms with E-state index in [9.17, 15) is 10.1 Å². The molecule has 0 amide bonds. The van der Waals surface area contributed by atoms with Gasteiger partial charge in [0.05, 0.1) is 4.92 Å². The lowest BCUT2D eigenvalue weighted by Crippen LogP contribution is -2.25. The van der Waals surface area contributed by atoms with Crippen molar-refractivity contribution in [2.24, 2.45) is 0 Å². The van der Waals surface area contributed by atoms with E-state index in [0.29, 0.717) is 6.04 Å². The topological polar surface area (TPSA) is 46.4 Å². The van der Waals surface area contributed by atoms with Crippen LogP contribution in [0.1, 0.15) is 19.8 Å². The summed E-state index contributed by atoms with van der Waals surface area (Å²) in [7, 11) is 0. The molecule has 5 heteroatoms. The molecule has 0 radical (unpaired) electrons. The van der Waals surface area contributed by atoms with E-state index in [1.807, 2.05) is 19.1 Å². The highest BCUT2D eigenvalue weighted by atomic mass is 79.9. The molecule has 86 valence electrons. The molecule has 1 aliphatic carbocycles. The van der Waals surface area contributed by atoms with Gasteiger partial charge in [-0.15, -0.1) is 0 Å². The molecule has 0 unspecified atom stereocenters. The lowest BCUT2D eigenvalue weighted by Gasteiger charge is -2.22. The van der Waals surface area contributed by atoms with Crippen molar-refractivity contribution in [2.75, 3.05) is 11.4 Å². The highest BCUT2D eigenvalue weighted by Crippen LogP contribution is 2.37. The van der Waals surface area contributed by atoms with Gasteiger partial charge in [-0.1, -0.05) is 15.9 Å². The van der Waals surface area contributed by atoms with Crippen molar-refractivity contribution < 1.29 is 4.92 Å². The van der Waals surface area contributed by atoms with E-state index in [0.717, 1.165) is 29.5 Å². The van der Waals surface area contributed by atoms with Crippen molar-refractivity contribution >= 4 is 27.3 Å². The minimum Gasteiger partial charge on any atom is -0.363 e. The van der Waals surface area contributed by atoms with Crippen LogP contribution in [0.15, 0.2) is 22.7 Å². The van der Waals surface area contributed by atoms with Crippen LogP contribution in [0.3, 0.4) is 0 Å². The summed E-state index contributed by atoms with van der Waals surface area (Å²) in [5.41, 5.74) is 0.918. The lowest BCUT2D eigenvalue weighted by molar-refractivity contribution is -0.384. The molecule has 0 aromatic heterocycles. The largest absolute Gasteiger partial charge is 0.363 e. The van der Waals surface area contributed by atoms with Gasteiger partial charge in [-0.3, -0.25) is 10.1 Å². The molecule has 1 fully saturated rings. The molecule has 0 heterocycles. The van der Waals surface area contributed by atoms with E-state index in [-0.39, 0.29) is 10.6 Å². The van der Waals surface area contributed by atoms with Crippen LogP contribution in [0, 0.1) is 10.1 Å². The van der Waals surface area contributed by atoms with Crippen molar-refractivity contribution in [3.8, 4) is 0 Å². The first-order valence-corrected chi connectivity index (χ1v) is 6.13. The van der Waals surface area contributed by atoms with E-state index >= 15 is 0 Å². The van der Waals surface area contributed by atoms with Gasteiger partial charge in [-0.05, 0) is 31.9 Å². The summed E-state index contributed by atoms with van der Waals surface area (Å²) in [6.45, 7) is 2.84. The Kier molecular flexibility index (Phi) is 3.14. The number of halogens is 1. The summed E-state index contributed by atoms with van der Waals surface area (Å²) < 4.78 is 0.745. The molecule has 0 spiro atoms. The summed E-state index contributed by atoms with van der Waals surface area (Å²) in [6, 6.07) is 5.74. The highest BCUT2D eigenvalue weighted by molar-refractivity contribution is 9.10. The van der Waals surface area contributed by atoms with Crippen LogP contribution in [0.2, 0.25) is 0 Å². The maximum absolute atomic E-state index is 11.0. The van der Waals surface area contributed by atoms with Crippen LogP contribution in [0.25, 0.3) is 0 Å². The molecule has 0 aliphatic heterocycles. The molecule has 4 nitrogen and oxygen atoms in total. The van der Waals surface area contributed by atoms with E-state index in [2.05, 4.69) is 20.8 Å². The molecule has 1 aromatic rings. The van der Waals surface area contributed by atoms with Gasteiger partial charge in [0.25, 0.3) is 5.69 Å². The second-order valence-corrected chi connectivity index (χ2v) is 4.82. The van der Waals surface area contributed by atoms with Gasteiger partial charge in [0.2, 0.25) is 0 Å². The molecule has 1 saturated carbocycles. The third kappa shape index (κ3) is 2.19. The number of anilines is 1. The van der Waals surface area contributed by atoms with Gasteiger partial charge in [-0.2, -0.15) is 0 Å². The summed E-state index contributed by atoms with van der Waals surface area (Å²) in [5, 5.41) is 11.0. The first-order valence-electron chi connectivity index (χ1n) is 5.34. The fourth-order valence-corrected chi connectivity index (χ4v) is 2.25. The maximum atomic E-state index is 11.0. The van der Waals surface area contributed by atoms with Crippen LogP contribution in [-0.2, 0) is 0 Å². The first-order chi connectivity index (χ1) is 7.63. The zero-order valence-corrected chi connectivity index (χ0v) is 10.6. The van der Waals surface area contributed by atoms with Gasteiger partial charge in [0, 0.05) is 23.1 Å². The third-order valence-electron chi connectivity index (χ3n) is 2.77. The van der Waals surface area contributed by atoms with E-state index in [1.54, 1.807) is 6.07 Å². The average molecular weight is 285 g/mol. The molecule has 0 N–H and O–H groups in total. The third-order valence-corrected chi connectivity index (χ3v) is 3.27. The highest BCUT2D eigenvalue weighted by Gasteiger charge is 2.31. The smallest absolute Gasteiger partial charge is 0.293 e. The van der Waals surface area contributed by atoms with Crippen molar-refractivity contribution in [2.45, 2.75) is 25.8 Å². The standard InChI is InChI=1S/C11H13BrN2O2/c1-2-13(9-4-5-9)10-6-3-8(12)7-11(10)14(15)16/h3,6-7,9H,2,4-5H2,1H3. The van der Waals surface area contributed by atoms with Crippen LogP contribution < -0.4 is 4.90 Å². The van der Waals surface area contributed by atoms with Crippen molar-refractivity contribution in [3.05, 3.63) is 32.8 Å². The average Bonchev–Trinajstić information content (AvgIpc) is 3.05. The zero-order chi connectivity index (χ0) is 11.7. The maximum Gasteiger partial charge on any atom is 0.293 e. The first kappa shape index (κ1) is 11.4. The molecule has 0 bridgehead atoms. The number of rotatable bonds is 4. The van der Waals surface area contributed by atoms with Crippen LogP contribution >= 0.6 is 15.9 Å². The molecule has 1 aliphatic rings. The van der Waals surface area contributed by atoms with Gasteiger partial charge in [0.1, 0.15) is 5.69 Å². The Hall–Kier alpha value is -1.10. The molecule has 0 saturated heterocycles. The Morgan fingerprint density at radius 2 is 2.25 bits per heavy atom. The van der Waals surface area contributed by atoms with E-state index in [4.69, 9.17) is 0 Å². The minimum absolute atomic E-state index is 0.183. The van der Waals surface area contributed by atoms with Crippen molar-refractivity contribution in [1.82, 2.24) is 0 Å². The predicted octanol–water partition coefficient (Wildman–Crippen LogP) is 3.35. The summed E-state index contributed by atoms with van der Waals surface area (Å²) in [5.74, 6) is 0. The number of nitro groups is 1. The van der Waals surface area contributed by atoms with Crippen LogP contribution in [-0.4, -0.2) is 17.5 Å². The lowest BCUT2D eigenvalue weighted by atomic mass is 10.2. The van der Waals surface area contributed by atoms with Gasteiger partial charge >= 0.3 is 0 Å². The predicted molar refractivity (Wildman–Crippen MR) is 66.8 cm³/mol.